The second-order valence-electron chi connectivity index (χ2n) is 8.07. The molecule has 0 saturated carbocycles. The largest absolute Gasteiger partial charge is 0.868 e. The molecule has 1 unspecified atom stereocenters. The molecule has 1 amide bonds. The second-order valence-corrected chi connectivity index (χ2v) is 8.07. The number of Topliss-reactive ketones (excluding diaryl/α,β-unsaturated/α-hetero) is 1. The molecule has 0 radical (unpaired) electrons. The zero-order valence-corrected chi connectivity index (χ0v) is 19.1. The third-order valence-corrected chi connectivity index (χ3v) is 6.32. The summed E-state index contributed by atoms with van der Waals surface area (Å²) in [5.74, 6) is -1.47. The number of likely N-dealkylation sites (N-methyl/N-ethyl adjacent to an activating group) is 1. The van der Waals surface area contributed by atoms with Gasteiger partial charge in [0, 0.05) is 16.5 Å². The zero-order chi connectivity index (χ0) is 23.5. The highest BCUT2D eigenvalue weighted by Gasteiger charge is 2.41. The van der Waals surface area contributed by atoms with Crippen LogP contribution in [0.3, 0.4) is 0 Å². The highest BCUT2D eigenvalue weighted by molar-refractivity contribution is 6.15. The number of rotatable bonds is 9. The quantitative estimate of drug-likeness (QED) is 0.504. The van der Waals surface area contributed by atoms with Crippen molar-refractivity contribution in [1.29, 1.82) is 0 Å². The van der Waals surface area contributed by atoms with E-state index in [4.69, 9.17) is 9.15 Å². The lowest BCUT2D eigenvalue weighted by molar-refractivity contribution is -0.895. The van der Waals surface area contributed by atoms with Gasteiger partial charge in [-0.15, -0.1) is 0 Å². The van der Waals surface area contributed by atoms with Gasteiger partial charge in [0.25, 0.3) is 0 Å². The Balaban J connectivity index is 1.78. The summed E-state index contributed by atoms with van der Waals surface area (Å²) < 4.78 is 11.3. The zero-order valence-electron chi connectivity index (χ0n) is 19.1. The van der Waals surface area contributed by atoms with Crippen molar-refractivity contribution in [2.45, 2.75) is 19.9 Å². The van der Waals surface area contributed by atoms with Gasteiger partial charge in [-0.05, 0) is 37.8 Å². The molecule has 1 atom stereocenters. The van der Waals surface area contributed by atoms with Crippen molar-refractivity contribution in [3.63, 3.8) is 0 Å². The molecule has 0 aliphatic carbocycles. The number of nitrogens with zero attached hydrogens (tertiary/aromatic N) is 1. The summed E-state index contributed by atoms with van der Waals surface area (Å²) in [7, 11) is 1.53. The SMILES string of the molecule is CC[NH+](CC)CCN1C(=O)C([O-])=C(C(=O)c2cc3ccccc3o2)C1c1ccccc1OC. The van der Waals surface area contributed by atoms with Crippen molar-refractivity contribution >= 4 is 22.7 Å². The predicted octanol–water partition coefficient (Wildman–Crippen LogP) is 1.75. The summed E-state index contributed by atoms with van der Waals surface area (Å²) in [5, 5.41) is 13.9. The van der Waals surface area contributed by atoms with E-state index < -0.39 is 23.5 Å². The van der Waals surface area contributed by atoms with Gasteiger partial charge in [0.05, 0.1) is 39.3 Å². The number of ether oxygens (including phenoxy) is 1. The molecule has 0 fully saturated rings. The number of hydrogen-bond donors (Lipinski definition) is 1. The standard InChI is InChI=1S/C26H28N2O5/c1-4-27(5-2)14-15-28-23(18-11-7-9-13-20(18)32-3)22(25(30)26(28)31)24(29)21-16-17-10-6-8-12-19(17)33-21/h6-13,16,23,30H,4-5,14-15H2,1-3H3. The fraction of sp³-hybridized carbons (Fsp3) is 0.308. The van der Waals surface area contributed by atoms with E-state index in [-0.39, 0.29) is 11.3 Å². The van der Waals surface area contributed by atoms with Gasteiger partial charge < -0.3 is 24.1 Å². The molecule has 4 rings (SSSR count). The Kier molecular flexibility index (Phi) is 6.51. The van der Waals surface area contributed by atoms with Crippen LogP contribution in [-0.4, -0.2) is 49.9 Å². The molecule has 1 aromatic heterocycles. The molecule has 33 heavy (non-hydrogen) atoms. The van der Waals surface area contributed by atoms with Crippen LogP contribution in [-0.2, 0) is 4.79 Å². The minimum absolute atomic E-state index is 0.0449. The first-order valence-corrected chi connectivity index (χ1v) is 11.2. The van der Waals surface area contributed by atoms with Crippen molar-refractivity contribution < 1.29 is 28.7 Å². The molecule has 2 aromatic carbocycles. The Morgan fingerprint density at radius 2 is 1.82 bits per heavy atom. The van der Waals surface area contributed by atoms with E-state index in [9.17, 15) is 14.7 Å². The highest BCUT2D eigenvalue weighted by Crippen LogP contribution is 2.41. The van der Waals surface area contributed by atoms with E-state index in [1.807, 2.05) is 30.3 Å². The van der Waals surface area contributed by atoms with Crippen molar-refractivity contribution in [2.24, 2.45) is 0 Å². The number of ketones is 1. The molecule has 0 bridgehead atoms. The minimum Gasteiger partial charge on any atom is -0.868 e. The van der Waals surface area contributed by atoms with E-state index in [0.717, 1.165) is 18.5 Å². The van der Waals surface area contributed by atoms with E-state index in [0.29, 0.717) is 30.0 Å². The maximum Gasteiger partial charge on any atom is 0.240 e. The maximum atomic E-state index is 13.6. The van der Waals surface area contributed by atoms with E-state index in [2.05, 4.69) is 13.8 Å². The van der Waals surface area contributed by atoms with Crippen LogP contribution in [0.25, 0.3) is 11.0 Å². The number of fused-ring (bicyclic) bond motifs is 1. The number of para-hydroxylation sites is 2. The van der Waals surface area contributed by atoms with Crippen LogP contribution in [0.4, 0.5) is 0 Å². The average Bonchev–Trinajstić information content (AvgIpc) is 3.39. The smallest absolute Gasteiger partial charge is 0.240 e. The molecule has 7 heteroatoms. The van der Waals surface area contributed by atoms with Crippen molar-refractivity contribution in [3.8, 4) is 5.75 Å². The summed E-state index contributed by atoms with van der Waals surface area (Å²) in [4.78, 5) is 29.5. The van der Waals surface area contributed by atoms with Gasteiger partial charge >= 0.3 is 0 Å². The summed E-state index contributed by atoms with van der Waals surface area (Å²) >= 11 is 0. The molecule has 1 aliphatic rings. The van der Waals surface area contributed by atoms with Crippen LogP contribution in [0.15, 0.2) is 70.3 Å². The summed E-state index contributed by atoms with van der Waals surface area (Å²) in [6.07, 6.45) is 0. The minimum atomic E-state index is -0.836. The van der Waals surface area contributed by atoms with Gasteiger partial charge in [-0.1, -0.05) is 36.4 Å². The molecule has 2 heterocycles. The van der Waals surface area contributed by atoms with Crippen LogP contribution in [0.1, 0.15) is 36.0 Å². The average molecular weight is 449 g/mol. The molecular formula is C26H28N2O5. The summed E-state index contributed by atoms with van der Waals surface area (Å²) in [6.45, 7) is 6.98. The molecule has 1 aliphatic heterocycles. The van der Waals surface area contributed by atoms with Gasteiger partial charge in [-0.3, -0.25) is 9.59 Å². The van der Waals surface area contributed by atoms with E-state index >= 15 is 0 Å². The third kappa shape index (κ3) is 4.12. The topological polar surface area (TPSA) is 87.2 Å². The number of carbonyl (C=O) groups is 2. The summed E-state index contributed by atoms with van der Waals surface area (Å²) in [6, 6.07) is 15.2. The van der Waals surface area contributed by atoms with E-state index in [1.165, 1.54) is 16.9 Å². The van der Waals surface area contributed by atoms with Crippen molar-refractivity contribution in [3.05, 3.63) is 77.3 Å². The number of hydrogen-bond acceptors (Lipinski definition) is 5. The third-order valence-electron chi connectivity index (χ3n) is 6.32. The number of nitrogens with one attached hydrogen (secondary N) is 1. The number of amides is 1. The normalized spacial score (nSPS) is 16.3. The number of benzene rings is 2. The maximum absolute atomic E-state index is 13.6. The Labute approximate surface area is 192 Å². The van der Waals surface area contributed by atoms with Crippen LogP contribution >= 0.6 is 0 Å². The predicted molar refractivity (Wildman–Crippen MR) is 122 cm³/mol. The van der Waals surface area contributed by atoms with Crippen molar-refractivity contribution in [2.75, 3.05) is 33.3 Å². The molecule has 172 valence electrons. The van der Waals surface area contributed by atoms with Gasteiger partial charge in [0.2, 0.25) is 11.7 Å². The Bertz CT molecular complexity index is 1180. The number of quaternary nitrogens is 1. The molecule has 0 spiro atoms. The van der Waals surface area contributed by atoms with Gasteiger partial charge in [-0.25, -0.2) is 0 Å². The van der Waals surface area contributed by atoms with Gasteiger partial charge in [0.15, 0.2) is 5.76 Å². The number of methoxy groups -OCH3 is 1. The molecule has 3 aromatic rings. The van der Waals surface area contributed by atoms with Crippen LogP contribution in [0, 0.1) is 0 Å². The van der Waals surface area contributed by atoms with E-state index in [1.54, 1.807) is 24.3 Å². The fourth-order valence-corrected chi connectivity index (χ4v) is 4.43. The van der Waals surface area contributed by atoms with Crippen LogP contribution in [0.2, 0.25) is 0 Å². The van der Waals surface area contributed by atoms with Crippen LogP contribution < -0.4 is 14.7 Å². The number of furan rings is 1. The molecule has 0 saturated heterocycles. The molecule has 1 N–H and O–H groups in total. The van der Waals surface area contributed by atoms with Gasteiger partial charge in [0.1, 0.15) is 11.3 Å². The Morgan fingerprint density at radius 3 is 2.52 bits per heavy atom. The van der Waals surface area contributed by atoms with Crippen LogP contribution in [0.5, 0.6) is 5.75 Å². The fourth-order valence-electron chi connectivity index (χ4n) is 4.43. The second kappa shape index (κ2) is 9.50. The molecular weight excluding hydrogens is 420 g/mol. The first-order valence-electron chi connectivity index (χ1n) is 11.2. The monoisotopic (exact) mass is 448 g/mol. The van der Waals surface area contributed by atoms with Gasteiger partial charge in [-0.2, -0.15) is 0 Å². The Hall–Kier alpha value is -3.58. The van der Waals surface area contributed by atoms with Crippen molar-refractivity contribution in [1.82, 2.24) is 4.90 Å². The lowest BCUT2D eigenvalue weighted by Gasteiger charge is -2.29. The summed E-state index contributed by atoms with van der Waals surface area (Å²) in [5.41, 5.74) is 1.06. The molecule has 7 nitrogen and oxygen atoms in total. The first kappa shape index (κ1) is 22.6. The highest BCUT2D eigenvalue weighted by atomic mass is 16.5. The Morgan fingerprint density at radius 1 is 1.12 bits per heavy atom. The number of carbonyl (C=O) groups excluding carboxylic acids is 2. The lowest BCUT2D eigenvalue weighted by atomic mass is 9.94. The first-order chi connectivity index (χ1) is 16.0. The lowest BCUT2D eigenvalue weighted by Crippen LogP contribution is -3.12.